The molecule has 12 aromatic heterocycles. The fourth-order valence-electron chi connectivity index (χ4n) is 13.3. The molecule has 0 radical (unpaired) electrons. The van der Waals surface area contributed by atoms with Crippen LogP contribution in [-0.4, -0.2) is 19.9 Å². The van der Waals surface area contributed by atoms with E-state index in [1.165, 1.54) is 6.92 Å². The lowest BCUT2D eigenvalue weighted by Gasteiger charge is -2.10. The predicted octanol–water partition coefficient (Wildman–Crippen LogP) is 19.9. The first kappa shape index (κ1) is 45.0. The summed E-state index contributed by atoms with van der Waals surface area (Å²) in [4.78, 5) is 17.9. The molecule has 12 nitrogen and oxygen atoms in total. The number of benzene rings is 4. The van der Waals surface area contributed by atoms with Crippen LogP contribution in [-0.2, 0) is 28.2 Å². The minimum atomic E-state index is -2.53. The second-order valence-corrected chi connectivity index (χ2v) is 25.9. The lowest BCUT2D eigenvalue weighted by molar-refractivity contribution is -0.660. The zero-order chi connectivity index (χ0) is 88.9. The van der Waals surface area contributed by atoms with Crippen LogP contribution in [0.5, 0.6) is 0 Å². The molecular weight excluding hydrogens is 1220 g/mol. The van der Waals surface area contributed by atoms with Gasteiger partial charge in [0.25, 0.3) is 0 Å². The quantitative estimate of drug-likeness (QED) is 0.156. The van der Waals surface area contributed by atoms with Gasteiger partial charge in [0.15, 0.2) is 47.1 Å². The Hall–Kier alpha value is -10.7. The summed E-state index contributed by atoms with van der Waals surface area (Å²) in [6, 6.07) is 34.4. The van der Waals surface area contributed by atoms with Crippen molar-refractivity contribution in [1.82, 2.24) is 19.9 Å². The van der Waals surface area contributed by atoms with E-state index in [2.05, 4.69) is 32.1 Å². The third-order valence-corrected chi connectivity index (χ3v) is 18.4. The van der Waals surface area contributed by atoms with Crippen LogP contribution in [0.1, 0.15) is 145 Å². The van der Waals surface area contributed by atoms with Gasteiger partial charge in [-0.2, -0.15) is 0 Å². The first-order valence-electron chi connectivity index (χ1n) is 43.3. The van der Waals surface area contributed by atoms with Crippen LogP contribution in [0.4, 0.5) is 0 Å². The summed E-state index contributed by atoms with van der Waals surface area (Å²) in [7, 11) is 7.22. The highest BCUT2D eigenvalue weighted by atomic mass is 16.4. The summed E-state index contributed by atoms with van der Waals surface area (Å²) in [6.07, 6.45) is 6.57. The molecule has 1 atom stereocenters. The molecule has 0 fully saturated rings. The topological polar surface area (TPSA) is 120 Å². The van der Waals surface area contributed by atoms with E-state index in [4.69, 9.17) is 47.8 Å². The third-order valence-electron chi connectivity index (χ3n) is 18.4. The zero-order valence-electron chi connectivity index (χ0n) is 80.0. The van der Waals surface area contributed by atoms with Gasteiger partial charge in [0.05, 0.1) is 22.3 Å². The molecule has 0 spiro atoms. The van der Waals surface area contributed by atoms with E-state index in [-0.39, 0.29) is 27.8 Å². The molecule has 12 heteroatoms. The highest BCUT2D eigenvalue weighted by molar-refractivity contribution is 6.13. The number of aromatic nitrogens is 8. The van der Waals surface area contributed by atoms with Crippen molar-refractivity contribution in [2.45, 2.75) is 130 Å². The molecule has 0 aliphatic rings. The van der Waals surface area contributed by atoms with Crippen LogP contribution in [0.25, 0.3) is 133 Å². The smallest absolute Gasteiger partial charge is 0.227 e. The summed E-state index contributed by atoms with van der Waals surface area (Å²) >= 11 is 0. The standard InChI is InChI=1S/C23H25N2O.C22H23N2O.2C21H21N2O/c1-13(2)17-9-10-25(6)19(12-17)21-15(4)11-14(3)20-18-8-7-16(5)24-23(18)26-22(20)21;1-12-10-18(24(6)11-15(12)4)20-14(3)9-13(2)19-17-8-7-16(5)23-22(17)25-21(19)20;1-12-6-9-17(23(5)11-12)19-14(3)10-13(2)18-16-8-7-15(4)22-21(16)24-20(18)19;1-12-6-8-16-17-9-7-15(4)22-21(17)24-20(16)19(12)18-10-13(2)14(3)11-23(18)5/h7-13H,1-6H3;7-11H,1-6H3;2*6-11H,1-5H3/q4*+1/i1D3,3D3,13D;2D3,4D3;1D3,2D3;3D3. The van der Waals surface area contributed by atoms with E-state index in [0.717, 1.165) is 89.6 Å². The number of hydrogen-bond acceptors (Lipinski definition) is 8. The summed E-state index contributed by atoms with van der Waals surface area (Å²) in [5.41, 5.74) is 19.3. The normalized spacial score (nSPS) is 16.4. The minimum Gasteiger partial charge on any atom is -0.437 e. The molecule has 0 saturated carbocycles. The molecule has 0 saturated heterocycles. The van der Waals surface area contributed by atoms with Crippen molar-refractivity contribution in [3.05, 3.63) is 235 Å². The van der Waals surface area contributed by atoms with Gasteiger partial charge in [-0.25, -0.2) is 38.2 Å². The lowest BCUT2D eigenvalue weighted by Crippen LogP contribution is -2.31. The molecule has 0 aliphatic heterocycles. The Balaban J connectivity index is 0.000000140. The fourth-order valence-corrected chi connectivity index (χ4v) is 13.3. The maximum absolute atomic E-state index is 8.51. The Morgan fingerprint density at radius 3 is 1.14 bits per heavy atom. The molecule has 4 aromatic carbocycles. The van der Waals surface area contributed by atoms with Gasteiger partial charge in [-0.15, -0.1) is 0 Å². The Kier molecular flexibility index (Phi) is 11.8. The highest BCUT2D eigenvalue weighted by Gasteiger charge is 2.28. The SMILES string of the molecule is [2H]C([2H])([2H])c1c[n+](C)c(-c2c(C)cc(C([2H])([2H])[2H])c3c2oc2nc(C)ccc23)cc1C.[2H]C([2H])([2H])c1c[n+](C)c(-c2c(C)ccc3c2oc2nc(C)ccc23)cc1C.[2H]C([2H])([2H])c1cc(C)c(-c2cc(C([2H])(C)C([2H])([2H])[2H])cc[n+]2C)c2oc3nc(C)ccc3c12.[2H]C([2H])([2H])c1ccc(-c2c(C)cc(C([2H])([2H])[2H])c3c2oc2nc(C)ccc23)[n+](C)c1. The third kappa shape index (κ3) is 12.2. The Morgan fingerprint density at radius 2 is 0.717 bits per heavy atom. The number of aryl methyl sites for hydroxylation is 20. The van der Waals surface area contributed by atoms with Gasteiger partial charge >= 0.3 is 0 Å². The predicted molar refractivity (Wildman–Crippen MR) is 402 cm³/mol. The molecular formula is C87H90N8O4+4. The second-order valence-electron chi connectivity index (χ2n) is 25.9. The van der Waals surface area contributed by atoms with E-state index >= 15 is 0 Å². The van der Waals surface area contributed by atoms with Crippen LogP contribution in [0, 0.1) is 110 Å². The molecule has 12 heterocycles. The number of fused-ring (bicyclic) bond motifs is 12. The van der Waals surface area contributed by atoms with E-state index in [1.807, 2.05) is 139 Å². The van der Waals surface area contributed by atoms with E-state index in [1.54, 1.807) is 104 Å². The van der Waals surface area contributed by atoms with Gasteiger partial charge in [-0.05, 0) is 226 Å². The molecule has 16 rings (SSSR count). The van der Waals surface area contributed by atoms with Gasteiger partial charge in [0.2, 0.25) is 45.6 Å². The number of pyridine rings is 8. The van der Waals surface area contributed by atoms with E-state index in [9.17, 15) is 0 Å². The maximum atomic E-state index is 8.51. The first-order valence-corrected chi connectivity index (χ1v) is 32.3. The van der Waals surface area contributed by atoms with Crippen molar-refractivity contribution >= 4 is 88.3 Å². The van der Waals surface area contributed by atoms with Crippen molar-refractivity contribution in [2.24, 2.45) is 28.2 Å². The molecule has 99 heavy (non-hydrogen) atoms. The summed E-state index contributed by atoms with van der Waals surface area (Å²) in [6.45, 7) is 3.80. The Bertz CT molecular complexity index is 6890. The summed E-state index contributed by atoms with van der Waals surface area (Å²) in [5.74, 6) is -1.83. The molecule has 0 N–H and O–H groups in total. The highest BCUT2D eigenvalue weighted by Crippen LogP contribution is 2.43. The van der Waals surface area contributed by atoms with E-state index in [0.29, 0.717) is 111 Å². The van der Waals surface area contributed by atoms with Gasteiger partial charge in [-0.1, -0.05) is 44.1 Å². The van der Waals surface area contributed by atoms with Crippen molar-refractivity contribution in [2.75, 3.05) is 0 Å². The Labute approximate surface area is 610 Å². The first-order chi connectivity index (χ1) is 55.9. The molecule has 0 aliphatic carbocycles. The van der Waals surface area contributed by atoms with Crippen LogP contribution in [0.15, 0.2) is 158 Å². The van der Waals surface area contributed by atoms with Crippen LogP contribution in [0.2, 0.25) is 0 Å². The average molecular weight is 1330 g/mol. The molecule has 1 unspecified atom stereocenters. The van der Waals surface area contributed by atoms with Gasteiger partial charge in [-0.3, -0.25) is 0 Å². The average Bonchev–Trinajstić information content (AvgIpc) is 1.61. The zero-order valence-corrected chi connectivity index (χ0v) is 58.0. The maximum Gasteiger partial charge on any atom is 0.227 e. The fraction of sp³-hybridized carbons (Fsp3) is 0.264. The second kappa shape index (κ2) is 25.9. The minimum absolute atomic E-state index is 0.176. The van der Waals surface area contributed by atoms with Crippen molar-refractivity contribution in [1.29, 1.82) is 0 Å². The van der Waals surface area contributed by atoms with E-state index < -0.39 is 53.9 Å². The van der Waals surface area contributed by atoms with Gasteiger partial charge in [0.1, 0.15) is 28.2 Å². The van der Waals surface area contributed by atoms with Crippen LogP contribution >= 0.6 is 0 Å². The monoisotopic (exact) mass is 1330 g/mol. The number of rotatable bonds is 5. The van der Waals surface area contributed by atoms with Crippen molar-refractivity contribution in [3.63, 3.8) is 0 Å². The number of furan rings is 4. The van der Waals surface area contributed by atoms with Crippen molar-refractivity contribution in [3.8, 4) is 45.0 Å². The van der Waals surface area contributed by atoms with Gasteiger partial charge in [0, 0.05) is 143 Å². The number of hydrogen-bond donors (Lipinski definition) is 0. The van der Waals surface area contributed by atoms with Crippen molar-refractivity contribution < 1.29 is 66.1 Å². The Morgan fingerprint density at radius 1 is 0.333 bits per heavy atom. The largest absolute Gasteiger partial charge is 0.437 e. The molecule has 16 aromatic rings. The van der Waals surface area contributed by atoms with Crippen LogP contribution < -0.4 is 18.3 Å². The van der Waals surface area contributed by atoms with Gasteiger partial charge < -0.3 is 17.7 Å². The molecule has 0 amide bonds. The lowest BCUT2D eigenvalue weighted by atomic mass is 9.95. The number of nitrogens with zero attached hydrogens (tertiary/aromatic N) is 8. The molecule has 498 valence electrons. The summed E-state index contributed by atoms with van der Waals surface area (Å²) in [5, 5.41) is 5.38. The molecule has 0 bridgehead atoms. The summed E-state index contributed by atoms with van der Waals surface area (Å²) < 4.78 is 206. The van der Waals surface area contributed by atoms with Crippen LogP contribution in [0.3, 0.4) is 0 Å².